The minimum Gasteiger partial charge on any atom is -0.378 e. The largest absolute Gasteiger partial charge is 0.378 e. The monoisotopic (exact) mass is 365 g/mol. The van der Waals surface area contributed by atoms with Crippen molar-refractivity contribution in [3.05, 3.63) is 35.7 Å². The van der Waals surface area contributed by atoms with Gasteiger partial charge in [0, 0.05) is 19.0 Å². The molecule has 3 fully saturated rings. The normalized spacial score (nSPS) is 43.4. The summed E-state index contributed by atoms with van der Waals surface area (Å²) < 4.78 is 6.27. The van der Waals surface area contributed by atoms with Crippen LogP contribution in [-0.2, 0) is 11.2 Å². The van der Waals surface area contributed by atoms with Crippen LogP contribution >= 0.6 is 0 Å². The van der Waals surface area contributed by atoms with E-state index in [4.69, 9.17) is 4.74 Å². The molecule has 0 spiro atoms. The molecule has 1 aromatic rings. The van der Waals surface area contributed by atoms with Gasteiger partial charge in [-0.1, -0.05) is 26.8 Å². The minimum atomic E-state index is 0.341. The number of fused-ring (bicyclic) bond motifs is 5. The van der Waals surface area contributed by atoms with Gasteiger partial charge in [0.2, 0.25) is 0 Å². The smallest absolute Gasteiger partial charge is 0.0631 e. The van der Waals surface area contributed by atoms with Gasteiger partial charge in [-0.2, -0.15) is 0 Å². The zero-order valence-electron chi connectivity index (χ0n) is 17.3. The molecule has 0 bridgehead atoms. The van der Waals surface area contributed by atoms with Crippen LogP contribution in [0.2, 0.25) is 0 Å². The standard InChI is InChI=1S/C25H35NO/c1-4-17-14-18(16-26-15-17)20-7-8-21-19-6-9-23-25(3,11-5-13-27-23)22(19)10-12-24(20,21)2/h7,14-16,19,21-23H,4-6,8-13H2,1-3H3/t19-,21-,22-,23+,24+,25+/m0/s1. The van der Waals surface area contributed by atoms with Crippen LogP contribution in [0.5, 0.6) is 0 Å². The molecule has 146 valence electrons. The van der Waals surface area contributed by atoms with Crippen molar-refractivity contribution in [2.45, 2.75) is 78.2 Å². The molecule has 2 saturated carbocycles. The van der Waals surface area contributed by atoms with E-state index in [2.05, 4.69) is 44.1 Å². The van der Waals surface area contributed by atoms with E-state index in [9.17, 15) is 0 Å². The summed E-state index contributed by atoms with van der Waals surface area (Å²) in [6.07, 6.45) is 17.6. The number of hydrogen-bond donors (Lipinski definition) is 0. The highest BCUT2D eigenvalue weighted by molar-refractivity contribution is 5.72. The summed E-state index contributed by atoms with van der Waals surface area (Å²) in [4.78, 5) is 4.56. The van der Waals surface area contributed by atoms with E-state index >= 15 is 0 Å². The van der Waals surface area contributed by atoms with Crippen LogP contribution in [0.4, 0.5) is 0 Å². The van der Waals surface area contributed by atoms with Gasteiger partial charge < -0.3 is 4.74 Å². The molecule has 0 amide bonds. The predicted octanol–water partition coefficient (Wildman–Crippen LogP) is 6.06. The molecule has 0 unspecified atom stereocenters. The number of nitrogens with zero attached hydrogens (tertiary/aromatic N) is 1. The maximum absolute atomic E-state index is 6.27. The molecule has 0 radical (unpaired) electrons. The Hall–Kier alpha value is -1.15. The number of aromatic nitrogens is 1. The van der Waals surface area contributed by atoms with Crippen molar-refractivity contribution in [3.63, 3.8) is 0 Å². The molecule has 0 aromatic carbocycles. The van der Waals surface area contributed by atoms with Crippen molar-refractivity contribution in [2.24, 2.45) is 28.6 Å². The van der Waals surface area contributed by atoms with Crippen LogP contribution in [0.25, 0.3) is 5.57 Å². The zero-order valence-corrected chi connectivity index (χ0v) is 17.3. The van der Waals surface area contributed by atoms with Gasteiger partial charge in [-0.3, -0.25) is 4.98 Å². The zero-order chi connectivity index (χ0) is 18.6. The highest BCUT2D eigenvalue weighted by Crippen LogP contribution is 2.65. The second kappa shape index (κ2) is 6.44. The summed E-state index contributed by atoms with van der Waals surface area (Å²) in [7, 11) is 0. The Kier molecular flexibility index (Phi) is 4.27. The first-order chi connectivity index (χ1) is 13.1. The van der Waals surface area contributed by atoms with E-state index in [1.807, 2.05) is 6.20 Å². The third kappa shape index (κ3) is 2.58. The molecule has 3 aliphatic carbocycles. The van der Waals surface area contributed by atoms with Crippen molar-refractivity contribution in [3.8, 4) is 0 Å². The average molecular weight is 366 g/mol. The fraction of sp³-hybridized carbons (Fsp3) is 0.720. The van der Waals surface area contributed by atoms with Crippen molar-refractivity contribution in [1.29, 1.82) is 0 Å². The van der Waals surface area contributed by atoms with Gasteiger partial charge in [-0.05, 0) is 103 Å². The highest BCUT2D eigenvalue weighted by atomic mass is 16.5. The Balaban J connectivity index is 1.45. The Bertz CT molecular complexity index is 754. The van der Waals surface area contributed by atoms with Crippen LogP contribution in [0.3, 0.4) is 0 Å². The molecule has 1 aromatic heterocycles. The molecule has 5 rings (SSSR count). The molecule has 1 aliphatic heterocycles. The first-order valence-corrected chi connectivity index (χ1v) is 11.3. The van der Waals surface area contributed by atoms with E-state index in [1.165, 1.54) is 56.1 Å². The van der Waals surface area contributed by atoms with E-state index in [1.54, 1.807) is 5.57 Å². The molecule has 6 atom stereocenters. The maximum Gasteiger partial charge on any atom is 0.0631 e. The number of allylic oxidation sites excluding steroid dienone is 2. The fourth-order valence-electron chi connectivity index (χ4n) is 7.56. The quantitative estimate of drug-likeness (QED) is 0.635. The van der Waals surface area contributed by atoms with Crippen molar-refractivity contribution in [1.82, 2.24) is 4.98 Å². The van der Waals surface area contributed by atoms with Gasteiger partial charge in [0.05, 0.1) is 6.10 Å². The first-order valence-electron chi connectivity index (χ1n) is 11.3. The van der Waals surface area contributed by atoms with Crippen molar-refractivity contribution >= 4 is 5.57 Å². The third-order valence-corrected chi connectivity index (χ3v) is 9.06. The van der Waals surface area contributed by atoms with Gasteiger partial charge >= 0.3 is 0 Å². The van der Waals surface area contributed by atoms with Crippen LogP contribution in [0.1, 0.15) is 76.8 Å². The Morgan fingerprint density at radius 3 is 2.85 bits per heavy atom. The van der Waals surface area contributed by atoms with E-state index < -0.39 is 0 Å². The van der Waals surface area contributed by atoms with Gasteiger partial charge in [0.15, 0.2) is 0 Å². The van der Waals surface area contributed by atoms with Crippen LogP contribution in [0.15, 0.2) is 24.5 Å². The lowest BCUT2D eigenvalue weighted by molar-refractivity contribution is -0.168. The lowest BCUT2D eigenvalue weighted by Gasteiger charge is -2.59. The van der Waals surface area contributed by atoms with E-state index in [-0.39, 0.29) is 0 Å². The summed E-state index contributed by atoms with van der Waals surface area (Å²) in [5.41, 5.74) is 5.11. The van der Waals surface area contributed by atoms with E-state index in [0.717, 1.165) is 30.8 Å². The number of hydrogen-bond acceptors (Lipinski definition) is 2. The van der Waals surface area contributed by atoms with Gasteiger partial charge in [0.25, 0.3) is 0 Å². The van der Waals surface area contributed by atoms with E-state index in [0.29, 0.717) is 16.9 Å². The molecule has 2 heteroatoms. The lowest BCUT2D eigenvalue weighted by atomic mass is 9.47. The first kappa shape index (κ1) is 17.9. The molecule has 0 N–H and O–H groups in total. The molecular formula is C25H35NO. The maximum atomic E-state index is 6.27. The summed E-state index contributed by atoms with van der Waals surface area (Å²) in [5.74, 6) is 2.56. The summed E-state index contributed by atoms with van der Waals surface area (Å²) >= 11 is 0. The molecule has 27 heavy (non-hydrogen) atoms. The van der Waals surface area contributed by atoms with Crippen LogP contribution in [0, 0.1) is 28.6 Å². The Morgan fingerprint density at radius 1 is 1.11 bits per heavy atom. The fourth-order valence-corrected chi connectivity index (χ4v) is 7.56. The second-order valence-electron chi connectivity index (χ2n) is 10.2. The van der Waals surface area contributed by atoms with Gasteiger partial charge in [-0.25, -0.2) is 0 Å². The number of rotatable bonds is 2. The Labute approximate surface area is 164 Å². The number of pyridine rings is 1. The SMILES string of the molecule is CCc1cncc(C2=CC[C@H]3[C@@H]4CC[C@H]5OCCC[C@]5(C)[C@H]4CC[C@]23C)c1. The Morgan fingerprint density at radius 2 is 2.00 bits per heavy atom. The molecular weight excluding hydrogens is 330 g/mol. The van der Waals surface area contributed by atoms with Crippen molar-refractivity contribution < 1.29 is 4.74 Å². The number of ether oxygens (including phenoxy) is 1. The molecule has 2 nitrogen and oxygen atoms in total. The highest BCUT2D eigenvalue weighted by Gasteiger charge is 2.58. The topological polar surface area (TPSA) is 22.1 Å². The molecule has 2 heterocycles. The summed E-state index contributed by atoms with van der Waals surface area (Å²) in [6, 6.07) is 2.39. The second-order valence-corrected chi connectivity index (χ2v) is 10.2. The number of aryl methyl sites for hydroxylation is 1. The van der Waals surface area contributed by atoms with Crippen molar-refractivity contribution in [2.75, 3.05) is 6.61 Å². The van der Waals surface area contributed by atoms with Crippen LogP contribution < -0.4 is 0 Å². The molecule has 1 saturated heterocycles. The lowest BCUT2D eigenvalue weighted by Crippen LogP contribution is -2.55. The third-order valence-electron chi connectivity index (χ3n) is 9.06. The summed E-state index contributed by atoms with van der Waals surface area (Å²) in [5, 5.41) is 0. The van der Waals surface area contributed by atoms with Crippen LogP contribution in [-0.4, -0.2) is 17.7 Å². The summed E-state index contributed by atoms with van der Waals surface area (Å²) in [6.45, 7) is 8.35. The molecule has 4 aliphatic rings. The minimum absolute atomic E-state index is 0.341. The average Bonchev–Trinajstić information content (AvgIpc) is 3.05. The van der Waals surface area contributed by atoms with Gasteiger partial charge in [-0.15, -0.1) is 0 Å². The van der Waals surface area contributed by atoms with Gasteiger partial charge in [0.1, 0.15) is 0 Å². The predicted molar refractivity (Wildman–Crippen MR) is 110 cm³/mol.